The lowest BCUT2D eigenvalue weighted by atomic mass is 10.0. The van der Waals surface area contributed by atoms with Crippen LogP contribution >= 0.6 is 0 Å². The van der Waals surface area contributed by atoms with Gasteiger partial charge in [-0.15, -0.1) is 0 Å². The summed E-state index contributed by atoms with van der Waals surface area (Å²) in [5.74, 6) is -0.599. The Morgan fingerprint density at radius 1 is 1.03 bits per heavy atom. The molecule has 0 aromatic heterocycles. The minimum absolute atomic E-state index is 0.285. The summed E-state index contributed by atoms with van der Waals surface area (Å²) in [6.07, 6.45) is -10.3. The third-order valence-corrected chi connectivity index (χ3v) is 4.40. The number of benzene rings is 2. The zero-order chi connectivity index (χ0) is 22.7. The monoisotopic (exact) mass is 435 g/mol. The zero-order valence-corrected chi connectivity index (χ0v) is 16.3. The van der Waals surface area contributed by atoms with E-state index in [1.165, 1.54) is 6.07 Å². The summed E-state index contributed by atoms with van der Waals surface area (Å²) in [5.41, 5.74) is -2.09. The fourth-order valence-corrected chi connectivity index (χ4v) is 2.88. The normalized spacial score (nSPS) is 11.9. The van der Waals surface area contributed by atoms with Crippen molar-refractivity contribution in [1.82, 2.24) is 0 Å². The molecule has 0 saturated heterocycles. The Balaban J connectivity index is 2.51. The summed E-state index contributed by atoms with van der Waals surface area (Å²) in [6.45, 7) is 2.41. The van der Waals surface area contributed by atoms with Crippen LogP contribution in [-0.4, -0.2) is 13.2 Å². The van der Waals surface area contributed by atoms with Crippen LogP contribution in [0.15, 0.2) is 30.3 Å². The number of methoxy groups -OCH3 is 1. The quantitative estimate of drug-likeness (QED) is 0.557. The number of anilines is 1. The third-order valence-electron chi connectivity index (χ3n) is 4.40. The van der Waals surface area contributed by atoms with Crippen molar-refractivity contribution >= 4 is 11.8 Å². The van der Waals surface area contributed by atoms with Gasteiger partial charge in [0.15, 0.2) is 0 Å². The van der Waals surface area contributed by atoms with Crippen LogP contribution in [0.5, 0.6) is 5.75 Å². The Labute approximate surface area is 168 Å². The lowest BCUT2D eigenvalue weighted by Crippen LogP contribution is -2.18. The van der Waals surface area contributed by atoms with E-state index in [0.717, 1.165) is 31.4 Å². The fraction of sp³-hybridized carbons (Fsp3) is 0.350. The molecule has 4 nitrogen and oxygen atoms in total. The molecule has 0 saturated carbocycles. The molecule has 0 bridgehead atoms. The number of nitrogens with one attached hydrogen (secondary N) is 1. The van der Waals surface area contributed by atoms with Gasteiger partial charge >= 0.3 is 18.4 Å². The first-order chi connectivity index (χ1) is 13.9. The first kappa shape index (κ1) is 23.4. The molecule has 2 rings (SSSR count). The van der Waals surface area contributed by atoms with Crippen molar-refractivity contribution in [3.8, 4) is 5.75 Å². The molecule has 0 aliphatic rings. The van der Waals surface area contributed by atoms with Gasteiger partial charge in [-0.1, -0.05) is 13.0 Å². The van der Waals surface area contributed by atoms with Gasteiger partial charge in [0.2, 0.25) is 0 Å². The SMILES string of the molecule is CCc1cc(C(F)(F)F)c(OCc2c(NC(=O)OC)cccc2C(F)(F)F)cc1C. The van der Waals surface area contributed by atoms with Gasteiger partial charge in [0.25, 0.3) is 0 Å². The van der Waals surface area contributed by atoms with Crippen LogP contribution < -0.4 is 10.1 Å². The lowest BCUT2D eigenvalue weighted by Gasteiger charge is -2.20. The van der Waals surface area contributed by atoms with Crippen molar-refractivity contribution in [2.75, 3.05) is 12.4 Å². The van der Waals surface area contributed by atoms with Crippen LogP contribution in [0.25, 0.3) is 0 Å². The maximum atomic E-state index is 13.5. The third kappa shape index (κ3) is 5.37. The van der Waals surface area contributed by atoms with Gasteiger partial charge in [-0.3, -0.25) is 5.32 Å². The van der Waals surface area contributed by atoms with Crippen LogP contribution in [0, 0.1) is 6.92 Å². The second kappa shape index (κ2) is 8.85. The predicted octanol–water partition coefficient (Wildman–Crippen LogP) is 6.35. The van der Waals surface area contributed by atoms with E-state index in [-0.39, 0.29) is 5.69 Å². The minimum atomic E-state index is -4.82. The molecule has 0 heterocycles. The molecule has 30 heavy (non-hydrogen) atoms. The summed E-state index contributed by atoms with van der Waals surface area (Å²) in [7, 11) is 1.02. The summed E-state index contributed by atoms with van der Waals surface area (Å²) >= 11 is 0. The summed E-state index contributed by atoms with van der Waals surface area (Å²) in [4.78, 5) is 11.5. The number of ether oxygens (including phenoxy) is 2. The fourth-order valence-electron chi connectivity index (χ4n) is 2.88. The zero-order valence-electron chi connectivity index (χ0n) is 16.3. The largest absolute Gasteiger partial charge is 0.488 e. The van der Waals surface area contributed by atoms with Gasteiger partial charge in [0.05, 0.1) is 23.9 Å². The number of carbonyl (C=O) groups excluding carboxylic acids is 1. The highest BCUT2D eigenvalue weighted by atomic mass is 19.4. The Kier molecular flexibility index (Phi) is 6.89. The van der Waals surface area contributed by atoms with Crippen molar-refractivity contribution < 1.29 is 40.6 Å². The highest BCUT2D eigenvalue weighted by molar-refractivity contribution is 5.85. The molecule has 0 spiro atoms. The van der Waals surface area contributed by atoms with E-state index in [1.54, 1.807) is 13.8 Å². The Morgan fingerprint density at radius 3 is 2.20 bits per heavy atom. The molecule has 0 aliphatic heterocycles. The minimum Gasteiger partial charge on any atom is -0.488 e. The van der Waals surface area contributed by atoms with Crippen molar-refractivity contribution in [2.24, 2.45) is 0 Å². The van der Waals surface area contributed by atoms with Gasteiger partial charge in [-0.25, -0.2) is 4.79 Å². The van der Waals surface area contributed by atoms with E-state index in [9.17, 15) is 31.1 Å². The number of hydrogen-bond donors (Lipinski definition) is 1. The Bertz CT molecular complexity index is 922. The number of alkyl halides is 6. The molecule has 2 aromatic rings. The lowest BCUT2D eigenvalue weighted by molar-refractivity contribution is -0.140. The first-order valence-corrected chi connectivity index (χ1v) is 8.76. The van der Waals surface area contributed by atoms with E-state index in [2.05, 4.69) is 10.1 Å². The molecule has 0 aliphatic carbocycles. The topological polar surface area (TPSA) is 47.6 Å². The van der Waals surface area contributed by atoms with Crippen LogP contribution in [-0.2, 0) is 30.1 Å². The summed E-state index contributed by atoms with van der Waals surface area (Å²) in [6, 6.07) is 5.04. The average molecular weight is 435 g/mol. The number of aryl methyl sites for hydroxylation is 2. The van der Waals surface area contributed by atoms with Crippen molar-refractivity contribution in [1.29, 1.82) is 0 Å². The van der Waals surface area contributed by atoms with Gasteiger partial charge < -0.3 is 9.47 Å². The van der Waals surface area contributed by atoms with Gasteiger partial charge in [0, 0.05) is 5.56 Å². The molecule has 164 valence electrons. The molecule has 0 fully saturated rings. The first-order valence-electron chi connectivity index (χ1n) is 8.76. The molecule has 1 amide bonds. The van der Waals surface area contributed by atoms with Crippen molar-refractivity contribution in [2.45, 2.75) is 39.2 Å². The van der Waals surface area contributed by atoms with E-state index in [1.807, 2.05) is 0 Å². The highest BCUT2D eigenvalue weighted by Gasteiger charge is 2.37. The number of hydrogen-bond acceptors (Lipinski definition) is 3. The van der Waals surface area contributed by atoms with Crippen LogP contribution in [0.2, 0.25) is 0 Å². The van der Waals surface area contributed by atoms with E-state index in [4.69, 9.17) is 4.74 Å². The molecule has 0 atom stereocenters. The molecule has 2 aromatic carbocycles. The Morgan fingerprint density at radius 2 is 1.67 bits per heavy atom. The molecule has 10 heteroatoms. The van der Waals surface area contributed by atoms with Gasteiger partial charge in [0.1, 0.15) is 12.4 Å². The van der Waals surface area contributed by atoms with Crippen LogP contribution in [0.3, 0.4) is 0 Å². The Hall–Kier alpha value is -2.91. The van der Waals surface area contributed by atoms with E-state index in [0.29, 0.717) is 17.5 Å². The standard InChI is InChI=1S/C20H19F6NO3/c1-4-12-9-15(20(24,25)26)17(8-11(12)2)30-10-13-14(19(21,22)23)6-5-7-16(13)27-18(28)29-3/h5-9H,4,10H2,1-3H3,(H,27,28). The molecule has 1 N–H and O–H groups in total. The summed E-state index contributed by atoms with van der Waals surface area (Å²) in [5, 5.41) is 2.12. The van der Waals surface area contributed by atoms with Crippen molar-refractivity contribution in [3.05, 3.63) is 58.1 Å². The number of amides is 1. The smallest absolute Gasteiger partial charge is 0.419 e. The maximum absolute atomic E-state index is 13.5. The molecule has 0 unspecified atom stereocenters. The molecular weight excluding hydrogens is 416 g/mol. The highest BCUT2D eigenvalue weighted by Crippen LogP contribution is 2.40. The van der Waals surface area contributed by atoms with Gasteiger partial charge in [-0.2, -0.15) is 26.3 Å². The number of halogens is 6. The average Bonchev–Trinajstić information content (AvgIpc) is 2.64. The molecule has 0 radical (unpaired) electrons. The van der Waals surface area contributed by atoms with E-state index >= 15 is 0 Å². The second-order valence-electron chi connectivity index (χ2n) is 6.36. The number of carbonyl (C=O) groups is 1. The number of rotatable bonds is 5. The van der Waals surface area contributed by atoms with Crippen LogP contribution in [0.4, 0.5) is 36.8 Å². The second-order valence-corrected chi connectivity index (χ2v) is 6.36. The maximum Gasteiger partial charge on any atom is 0.419 e. The van der Waals surface area contributed by atoms with E-state index < -0.39 is 47.5 Å². The van der Waals surface area contributed by atoms with Crippen molar-refractivity contribution in [3.63, 3.8) is 0 Å². The predicted molar refractivity (Wildman–Crippen MR) is 97.4 cm³/mol. The van der Waals surface area contributed by atoms with Crippen LogP contribution in [0.1, 0.15) is 34.7 Å². The molecular formula is C20H19F6NO3. The van der Waals surface area contributed by atoms with Gasteiger partial charge in [-0.05, 0) is 48.7 Å². The summed E-state index contributed by atoms with van der Waals surface area (Å²) < 4.78 is 90.2.